The molecule has 9 nitrogen and oxygen atoms in total. The van der Waals surface area contributed by atoms with Gasteiger partial charge in [-0.1, -0.05) is 47.6 Å². The van der Waals surface area contributed by atoms with Gasteiger partial charge < -0.3 is 18.3 Å². The van der Waals surface area contributed by atoms with Gasteiger partial charge >= 0.3 is 7.60 Å². The average molecular weight is 480 g/mol. The van der Waals surface area contributed by atoms with Gasteiger partial charge in [0.2, 0.25) is 10.0 Å². The first-order chi connectivity index (χ1) is 15.3. The van der Waals surface area contributed by atoms with Gasteiger partial charge in [-0.15, -0.1) is 0 Å². The highest BCUT2D eigenvalue weighted by Gasteiger charge is 2.26. The van der Waals surface area contributed by atoms with Gasteiger partial charge in [0, 0.05) is 5.56 Å². The molecular weight excluding hydrogens is 455 g/mol. The number of hydrogen-bond donors (Lipinski definition) is 1. The van der Waals surface area contributed by atoms with E-state index in [0.717, 1.165) is 5.56 Å². The number of nitrogens with two attached hydrogens (primary N) is 1. The summed E-state index contributed by atoms with van der Waals surface area (Å²) in [7, 11) is -7.21. The normalized spacial score (nSPS) is 12.2. The summed E-state index contributed by atoms with van der Waals surface area (Å²) in [5.41, 5.74) is 2.65. The van der Waals surface area contributed by atoms with E-state index in [0.29, 0.717) is 22.6 Å². The van der Waals surface area contributed by atoms with Gasteiger partial charge in [0.05, 0.1) is 23.7 Å². The third kappa shape index (κ3) is 5.92. The van der Waals surface area contributed by atoms with Crippen molar-refractivity contribution in [2.75, 3.05) is 19.6 Å². The lowest BCUT2D eigenvalue weighted by molar-refractivity contribution is 0.108. The zero-order chi connectivity index (χ0) is 23.2. The van der Waals surface area contributed by atoms with Crippen LogP contribution in [-0.2, 0) is 35.0 Å². The summed E-state index contributed by atoms with van der Waals surface area (Å²) in [6.07, 6.45) is -0.250. The van der Waals surface area contributed by atoms with Gasteiger partial charge in [-0.3, -0.25) is 4.57 Å². The lowest BCUT2D eigenvalue weighted by Crippen LogP contribution is -2.11. The highest BCUT2D eigenvalue weighted by atomic mass is 32.2. The Kier molecular flexibility index (Phi) is 8.00. The number of primary sulfonamides is 1. The molecule has 0 aliphatic heterocycles. The van der Waals surface area contributed by atoms with Gasteiger partial charge in [-0.2, -0.15) is 0 Å². The molecular formula is C21H25N2O7PS. The Bertz CT molecular complexity index is 1170. The van der Waals surface area contributed by atoms with Crippen LogP contribution in [0.2, 0.25) is 0 Å². The Morgan fingerprint density at radius 1 is 0.969 bits per heavy atom. The highest BCUT2D eigenvalue weighted by molar-refractivity contribution is 7.89. The first-order valence-electron chi connectivity index (χ1n) is 9.90. The Morgan fingerprint density at radius 3 is 2.16 bits per heavy atom. The number of nitrogens with zero attached hydrogens (tertiary/aromatic N) is 1. The van der Waals surface area contributed by atoms with Crippen LogP contribution in [0.15, 0.2) is 64.0 Å². The molecule has 0 saturated carbocycles. The van der Waals surface area contributed by atoms with Crippen LogP contribution in [0, 0.1) is 0 Å². The van der Waals surface area contributed by atoms with E-state index in [-0.39, 0.29) is 31.1 Å². The second kappa shape index (κ2) is 10.5. The lowest BCUT2D eigenvalue weighted by Gasteiger charge is -2.16. The molecule has 0 atom stereocenters. The van der Waals surface area contributed by atoms with Crippen molar-refractivity contribution >= 4 is 17.6 Å². The molecule has 2 aromatic carbocycles. The minimum atomic E-state index is -3.82. The predicted octanol–water partition coefficient (Wildman–Crippen LogP) is 4.40. The fraction of sp³-hybridized carbons (Fsp3) is 0.286. The zero-order valence-electron chi connectivity index (χ0n) is 17.8. The summed E-state index contributed by atoms with van der Waals surface area (Å²) in [5, 5.41) is 9.40. The third-order valence-electron chi connectivity index (χ3n) is 4.42. The maximum Gasteiger partial charge on any atom is 0.356 e. The molecule has 0 saturated heterocycles. The molecule has 3 rings (SSSR count). The van der Waals surface area contributed by atoms with E-state index >= 15 is 0 Å². The van der Waals surface area contributed by atoms with Gasteiger partial charge in [-0.25, -0.2) is 13.6 Å². The van der Waals surface area contributed by atoms with E-state index in [1.807, 2.05) is 30.3 Å². The van der Waals surface area contributed by atoms with E-state index in [9.17, 15) is 13.0 Å². The molecule has 0 aliphatic carbocycles. The lowest BCUT2D eigenvalue weighted by atomic mass is 9.99. The van der Waals surface area contributed by atoms with Crippen molar-refractivity contribution in [3.8, 4) is 22.4 Å². The van der Waals surface area contributed by atoms with E-state index in [4.69, 9.17) is 23.4 Å². The van der Waals surface area contributed by atoms with E-state index < -0.39 is 17.6 Å². The van der Waals surface area contributed by atoms with Crippen molar-refractivity contribution in [1.29, 1.82) is 0 Å². The molecule has 0 fully saturated rings. The number of rotatable bonds is 11. The Labute approximate surface area is 187 Å². The zero-order valence-corrected chi connectivity index (χ0v) is 19.5. The summed E-state index contributed by atoms with van der Waals surface area (Å²) < 4.78 is 57.5. The molecule has 0 spiro atoms. The van der Waals surface area contributed by atoms with E-state index in [1.54, 1.807) is 26.0 Å². The molecule has 2 N–H and O–H groups in total. The van der Waals surface area contributed by atoms with E-state index in [2.05, 4.69) is 5.16 Å². The quantitative estimate of drug-likeness (QED) is 0.400. The largest absolute Gasteiger partial charge is 0.361 e. The number of benzene rings is 2. The van der Waals surface area contributed by atoms with Crippen LogP contribution >= 0.6 is 7.60 Å². The maximum absolute atomic E-state index is 12.6. The highest BCUT2D eigenvalue weighted by Crippen LogP contribution is 2.48. The third-order valence-corrected chi connectivity index (χ3v) is 7.15. The van der Waals surface area contributed by atoms with Crippen molar-refractivity contribution in [2.24, 2.45) is 5.14 Å². The standard InChI is InChI=1S/C21H25N2O7PS/c1-3-28-31(24,29-4-2)15-27-14-19-20(16-10-12-18(13-11-16)32(22,25)26)21(23-30-19)17-8-6-5-7-9-17/h5-13H,3-4,14-15H2,1-2H3,(H2,22,25,26). The summed E-state index contributed by atoms with van der Waals surface area (Å²) >= 11 is 0. The second-order valence-electron chi connectivity index (χ2n) is 6.69. The molecule has 1 aromatic heterocycles. The SMILES string of the molecule is CCOP(=O)(COCc1onc(-c2ccccc2)c1-c1ccc(S(N)(=O)=O)cc1)OCC. The van der Waals surface area contributed by atoms with Crippen molar-refractivity contribution in [1.82, 2.24) is 5.16 Å². The average Bonchev–Trinajstić information content (AvgIpc) is 3.18. The number of hydrogen-bond acceptors (Lipinski definition) is 8. The molecule has 32 heavy (non-hydrogen) atoms. The summed E-state index contributed by atoms with van der Waals surface area (Å²) in [6, 6.07) is 15.4. The molecule has 0 bridgehead atoms. The van der Waals surface area contributed by atoms with Crippen molar-refractivity contribution in [3.05, 3.63) is 60.4 Å². The molecule has 172 valence electrons. The van der Waals surface area contributed by atoms with Crippen molar-refractivity contribution in [2.45, 2.75) is 25.3 Å². The molecule has 1 heterocycles. The molecule has 0 unspecified atom stereocenters. The van der Waals surface area contributed by atoms with Crippen LogP contribution < -0.4 is 5.14 Å². The van der Waals surface area contributed by atoms with E-state index in [1.165, 1.54) is 12.1 Å². The van der Waals surface area contributed by atoms with Crippen LogP contribution in [0.4, 0.5) is 0 Å². The molecule has 3 aromatic rings. The maximum atomic E-state index is 12.6. The van der Waals surface area contributed by atoms with Gasteiger partial charge in [0.25, 0.3) is 0 Å². The monoisotopic (exact) mass is 480 g/mol. The number of aromatic nitrogens is 1. The first-order valence-corrected chi connectivity index (χ1v) is 13.2. The predicted molar refractivity (Wildman–Crippen MR) is 119 cm³/mol. The smallest absolute Gasteiger partial charge is 0.356 e. The first kappa shape index (κ1) is 24.3. The number of ether oxygens (including phenoxy) is 1. The Balaban J connectivity index is 1.93. The van der Waals surface area contributed by atoms with Crippen LogP contribution in [0.5, 0.6) is 0 Å². The van der Waals surface area contributed by atoms with Gasteiger partial charge in [0.15, 0.2) is 5.76 Å². The van der Waals surface area contributed by atoms with Crippen molar-refractivity contribution in [3.63, 3.8) is 0 Å². The minimum Gasteiger partial charge on any atom is -0.361 e. The fourth-order valence-corrected chi connectivity index (χ4v) is 4.92. The summed E-state index contributed by atoms with van der Waals surface area (Å²) in [6.45, 7) is 3.84. The van der Waals surface area contributed by atoms with Crippen LogP contribution in [0.1, 0.15) is 19.6 Å². The molecule has 0 amide bonds. The molecule has 0 aliphatic rings. The van der Waals surface area contributed by atoms with Gasteiger partial charge in [0.1, 0.15) is 18.6 Å². The summed E-state index contributed by atoms with van der Waals surface area (Å²) in [4.78, 5) is -0.00821. The van der Waals surface area contributed by atoms with Crippen molar-refractivity contribution < 1.29 is 31.3 Å². The summed E-state index contributed by atoms with van der Waals surface area (Å²) in [5.74, 6) is 0.381. The van der Waals surface area contributed by atoms with Crippen LogP contribution in [-0.4, -0.2) is 33.1 Å². The topological polar surface area (TPSA) is 131 Å². The fourth-order valence-electron chi connectivity index (χ4n) is 3.08. The Morgan fingerprint density at radius 2 is 1.59 bits per heavy atom. The van der Waals surface area contributed by atoms with Crippen LogP contribution in [0.3, 0.4) is 0 Å². The van der Waals surface area contributed by atoms with Gasteiger partial charge in [-0.05, 0) is 31.5 Å². The minimum absolute atomic E-state index is 0.00821. The Hall–Kier alpha value is -2.33. The van der Waals surface area contributed by atoms with Crippen LogP contribution in [0.25, 0.3) is 22.4 Å². The molecule has 11 heteroatoms. The second-order valence-corrected chi connectivity index (χ2v) is 10.2. The number of sulfonamides is 1. The molecule has 0 radical (unpaired) electrons.